The third-order valence-corrected chi connectivity index (χ3v) is 17.2. The number of hydrogen-bond donors (Lipinski definition) is 12. The Labute approximate surface area is 587 Å². The molecule has 0 spiro atoms. The standard InChI is InChI=1S/C69H116N8O21S.2H2/c1-49(2)44-55(80)46-52(65(85)50(3)56(24-16-17-25-60(70)71)67(87)77-59(66(72)86)45-51-27-29-53(78)30-28-51)22-18-19-35-73-64(84)48-98-42-39-95-37-21-23-54(79)47-97-41-40-96-38-36-74-61(81)33-31-57(68(88)89)76-63(83)34-32-58(69(90)91)75-62(82)26-15-13-11-9-7-5-4-6-8-10-12-14-20-43-99(92,93)94;;/h27-30,49-50,52,56-59,78H,4-26,31-48H2,1-3H3,(H3,70,71)(H2,72,86)(H,73,84)(H,74,81)(H,75,82)(H,76,83)(H,77,87)(H,88,89)(H,90,91)(H,92,93,94);2*1H/t50?,52-,56-,57+,58+,59+;;/m1../s1. The maximum absolute atomic E-state index is 14.3. The number of aromatic hydroxyl groups is 1. The minimum absolute atomic E-state index is 0. The molecule has 6 atom stereocenters. The lowest BCUT2D eigenvalue weighted by molar-refractivity contribution is -0.143. The summed E-state index contributed by atoms with van der Waals surface area (Å²) in [5, 5.41) is 49.4. The van der Waals surface area contributed by atoms with Crippen molar-refractivity contribution < 1.29 is 103 Å². The number of unbranched alkanes of at least 4 members (excludes halogenated alkanes) is 14. The number of aliphatic carboxylic acids is 2. The van der Waals surface area contributed by atoms with E-state index in [9.17, 15) is 76.5 Å². The number of amides is 6. The molecule has 0 saturated carbocycles. The molecule has 14 N–H and O–H groups in total. The van der Waals surface area contributed by atoms with Gasteiger partial charge in [-0.1, -0.05) is 116 Å². The molecule has 0 aliphatic heterocycles. The smallest absolute Gasteiger partial charge is 0.326 e. The largest absolute Gasteiger partial charge is 0.508 e. The predicted octanol–water partition coefficient (Wildman–Crippen LogP) is 6.20. The Balaban J connectivity index is 0. The van der Waals surface area contributed by atoms with Crippen LogP contribution in [0.25, 0.3) is 0 Å². The molecule has 0 bridgehead atoms. The zero-order valence-electron chi connectivity index (χ0n) is 58.6. The van der Waals surface area contributed by atoms with E-state index < -0.39 is 87.5 Å². The van der Waals surface area contributed by atoms with E-state index in [4.69, 9.17) is 40.4 Å². The Hall–Kier alpha value is -6.99. The third kappa shape index (κ3) is 49.2. The van der Waals surface area contributed by atoms with Crippen LogP contribution >= 0.6 is 0 Å². The number of nitrogens with one attached hydrogen (secondary N) is 6. The van der Waals surface area contributed by atoms with E-state index >= 15 is 0 Å². The molecule has 0 radical (unpaired) electrons. The van der Waals surface area contributed by atoms with Gasteiger partial charge >= 0.3 is 11.9 Å². The van der Waals surface area contributed by atoms with Crippen LogP contribution in [-0.2, 0) is 88.2 Å². The SMILES string of the molecule is CC(C)CC(=O)C[C@@H](CCCCNC(=O)COCCOCCCC(=O)COCCOCCNC(=O)CC[C@H](NC(=O)CC[C@H](NC(=O)CCCCCCCCCCCCCCCS(=O)(=O)O)C(=O)O)C(=O)O)C(=O)C(C)[C@@H](CCCCC(=N)N)C(=O)N[C@@H](Cc1ccc(O)cc1)C(N)=O.[HH].[HH]. The third-order valence-electron chi connectivity index (χ3n) is 16.4. The summed E-state index contributed by atoms with van der Waals surface area (Å²) in [6.45, 7) is 6.36. The van der Waals surface area contributed by atoms with Gasteiger partial charge in [0.2, 0.25) is 35.4 Å². The summed E-state index contributed by atoms with van der Waals surface area (Å²) in [5.74, 6) is -9.15. The summed E-state index contributed by atoms with van der Waals surface area (Å²) in [5.41, 5.74) is 11.9. The highest BCUT2D eigenvalue weighted by Gasteiger charge is 2.36. The Morgan fingerprint density at radius 3 is 1.57 bits per heavy atom. The lowest BCUT2D eigenvalue weighted by Gasteiger charge is -2.28. The van der Waals surface area contributed by atoms with Gasteiger partial charge in [-0.15, -0.1) is 0 Å². The van der Waals surface area contributed by atoms with Crippen LogP contribution in [0.1, 0.15) is 215 Å². The molecule has 568 valence electrons. The van der Waals surface area contributed by atoms with Crippen LogP contribution < -0.4 is 38.1 Å². The van der Waals surface area contributed by atoms with Crippen LogP contribution in [0.15, 0.2) is 24.3 Å². The molecule has 0 saturated heterocycles. The lowest BCUT2D eigenvalue weighted by Crippen LogP contribution is -2.49. The number of carboxylic acid groups (broad SMARTS) is 2. The Kier molecular flexibility index (Phi) is 49.8. The number of benzene rings is 1. The number of hydrogen-bond acceptors (Lipinski definition) is 19. The van der Waals surface area contributed by atoms with Crippen molar-refractivity contribution in [1.82, 2.24) is 26.6 Å². The molecular weight excluding hydrogens is 1310 g/mol. The highest BCUT2D eigenvalue weighted by Crippen LogP contribution is 2.29. The average molecular weight is 1430 g/mol. The molecule has 1 rings (SSSR count). The van der Waals surface area contributed by atoms with Crippen LogP contribution in [0.2, 0.25) is 0 Å². The molecule has 0 aliphatic rings. The first kappa shape index (κ1) is 90.0. The first-order chi connectivity index (χ1) is 47.1. The maximum Gasteiger partial charge on any atom is 0.326 e. The number of phenolic OH excluding ortho intramolecular Hbond substituents is 1. The van der Waals surface area contributed by atoms with Gasteiger partial charge < -0.3 is 72.3 Å². The Morgan fingerprint density at radius 2 is 1.01 bits per heavy atom. The molecular formula is C69H120N8O21S. The number of amidine groups is 1. The normalized spacial score (nSPS) is 13.3. The number of ketones is 3. The van der Waals surface area contributed by atoms with Crippen molar-refractivity contribution in [1.29, 1.82) is 5.41 Å². The average Bonchev–Trinajstić information content (AvgIpc) is 0.842. The number of carboxylic acids is 2. The summed E-state index contributed by atoms with van der Waals surface area (Å²) in [6.07, 6.45) is 14.8. The van der Waals surface area contributed by atoms with Crippen molar-refractivity contribution in [2.75, 3.05) is 71.7 Å². The van der Waals surface area contributed by atoms with Crippen LogP contribution in [0.5, 0.6) is 5.75 Å². The van der Waals surface area contributed by atoms with Gasteiger partial charge in [0, 0.05) is 91.7 Å². The lowest BCUT2D eigenvalue weighted by atomic mass is 9.77. The minimum Gasteiger partial charge on any atom is -0.508 e. The fraction of sp³-hybridized carbons (Fsp3) is 0.739. The number of rotatable bonds is 65. The van der Waals surface area contributed by atoms with Crippen LogP contribution in [0.3, 0.4) is 0 Å². The van der Waals surface area contributed by atoms with Gasteiger partial charge in [-0.05, 0) is 81.4 Å². The van der Waals surface area contributed by atoms with Gasteiger partial charge in [-0.2, -0.15) is 8.42 Å². The molecule has 0 heterocycles. The van der Waals surface area contributed by atoms with Gasteiger partial charge in [-0.25, -0.2) is 9.59 Å². The van der Waals surface area contributed by atoms with Crippen molar-refractivity contribution >= 4 is 80.7 Å². The number of phenols is 1. The fourth-order valence-electron chi connectivity index (χ4n) is 10.9. The highest BCUT2D eigenvalue weighted by atomic mass is 32.2. The van der Waals surface area contributed by atoms with E-state index in [1.807, 2.05) is 13.8 Å². The second kappa shape index (κ2) is 54.8. The number of nitrogens with two attached hydrogens (primary N) is 2. The first-order valence-corrected chi connectivity index (χ1v) is 36.8. The van der Waals surface area contributed by atoms with E-state index in [1.54, 1.807) is 19.1 Å². The van der Waals surface area contributed by atoms with Crippen molar-refractivity contribution in [2.24, 2.45) is 35.1 Å². The number of carbonyl (C=O) groups excluding carboxylic acids is 9. The molecule has 1 aromatic rings. The predicted molar refractivity (Wildman–Crippen MR) is 374 cm³/mol. The van der Waals surface area contributed by atoms with Gasteiger partial charge in [0.15, 0.2) is 5.78 Å². The van der Waals surface area contributed by atoms with Crippen molar-refractivity contribution in [3.05, 3.63) is 29.8 Å². The summed E-state index contributed by atoms with van der Waals surface area (Å²) >= 11 is 0. The zero-order valence-corrected chi connectivity index (χ0v) is 59.5. The number of primary amides is 1. The van der Waals surface area contributed by atoms with E-state index in [2.05, 4.69) is 26.6 Å². The van der Waals surface area contributed by atoms with Crippen molar-refractivity contribution in [2.45, 2.75) is 232 Å². The highest BCUT2D eigenvalue weighted by molar-refractivity contribution is 7.85. The van der Waals surface area contributed by atoms with Gasteiger partial charge in [0.25, 0.3) is 10.1 Å². The summed E-state index contributed by atoms with van der Waals surface area (Å²) in [4.78, 5) is 140. The molecule has 30 heteroatoms. The second-order valence-electron chi connectivity index (χ2n) is 25.7. The van der Waals surface area contributed by atoms with Gasteiger partial charge in [0.05, 0.1) is 44.6 Å². The monoisotopic (exact) mass is 1430 g/mol. The quantitative estimate of drug-likeness (QED) is 0.0149. The zero-order chi connectivity index (χ0) is 73.8. The van der Waals surface area contributed by atoms with Crippen molar-refractivity contribution in [3.8, 4) is 5.75 Å². The Morgan fingerprint density at radius 1 is 0.505 bits per heavy atom. The van der Waals surface area contributed by atoms with Gasteiger partial charge in [-0.3, -0.25) is 53.1 Å². The molecule has 0 aromatic heterocycles. The molecule has 0 aliphatic carbocycles. The summed E-state index contributed by atoms with van der Waals surface area (Å²) in [7, 11) is -3.88. The van der Waals surface area contributed by atoms with Crippen LogP contribution in [0, 0.1) is 29.1 Å². The maximum atomic E-state index is 14.3. The van der Waals surface area contributed by atoms with Crippen LogP contribution in [-0.4, -0.2) is 189 Å². The molecule has 6 amide bonds. The molecule has 99 heavy (non-hydrogen) atoms. The summed E-state index contributed by atoms with van der Waals surface area (Å²) < 4.78 is 52.0. The second-order valence-corrected chi connectivity index (χ2v) is 27.3. The number of carbonyl (C=O) groups is 11. The van der Waals surface area contributed by atoms with E-state index in [0.29, 0.717) is 63.4 Å². The molecule has 1 aromatic carbocycles. The number of Topliss-reactive ketones (excluding diaryl/α,β-unsaturated/α-hetero) is 3. The van der Waals surface area contributed by atoms with Gasteiger partial charge in [0.1, 0.15) is 48.7 Å². The number of ether oxygens (including phenoxy) is 4. The van der Waals surface area contributed by atoms with Crippen molar-refractivity contribution in [3.63, 3.8) is 0 Å². The van der Waals surface area contributed by atoms with E-state index in [-0.39, 0.29) is 180 Å². The van der Waals surface area contributed by atoms with E-state index in [0.717, 1.165) is 70.6 Å². The van der Waals surface area contributed by atoms with Crippen LogP contribution in [0.4, 0.5) is 0 Å². The van der Waals surface area contributed by atoms with E-state index in [1.165, 1.54) is 12.1 Å². The molecule has 0 fully saturated rings. The Bertz CT molecular complexity index is 2720. The minimum atomic E-state index is -3.88. The topological polar surface area (TPSA) is 476 Å². The fourth-order valence-corrected chi connectivity index (χ4v) is 11.4. The first-order valence-electron chi connectivity index (χ1n) is 35.2. The molecule has 29 nitrogen and oxygen atoms in total. The summed E-state index contributed by atoms with van der Waals surface area (Å²) in [6, 6.07) is 2.23. The molecule has 1 unspecified atom stereocenters.